The van der Waals surface area contributed by atoms with Gasteiger partial charge in [0, 0.05) is 30.9 Å². The molecule has 0 bridgehead atoms. The average Bonchev–Trinajstić information content (AvgIpc) is 3.21. The summed E-state index contributed by atoms with van der Waals surface area (Å²) in [6, 6.07) is 14.0. The van der Waals surface area contributed by atoms with Crippen LogP contribution in [0, 0.1) is 0 Å². The zero-order chi connectivity index (χ0) is 20.8. The molecule has 1 aromatic heterocycles. The molecule has 2 aromatic carbocycles. The van der Waals surface area contributed by atoms with Gasteiger partial charge in [-0.05, 0) is 48.5 Å². The largest absolute Gasteiger partial charge is 0.497 e. The third-order valence-electron chi connectivity index (χ3n) is 3.89. The molecule has 29 heavy (non-hydrogen) atoms. The summed E-state index contributed by atoms with van der Waals surface area (Å²) in [5.74, 6) is 0.909. The van der Waals surface area contributed by atoms with E-state index in [0.717, 1.165) is 23.1 Å². The van der Waals surface area contributed by atoms with Crippen molar-refractivity contribution in [1.29, 1.82) is 0 Å². The minimum Gasteiger partial charge on any atom is -0.497 e. The minimum atomic E-state index is -0.217. The number of ether oxygens (including phenoxy) is 1. The first-order chi connectivity index (χ1) is 14.0. The van der Waals surface area contributed by atoms with E-state index in [2.05, 4.69) is 15.5 Å². The molecule has 0 fully saturated rings. The number of methoxy groups -OCH3 is 1. The molecule has 0 aliphatic heterocycles. The maximum Gasteiger partial charge on any atom is 0.277 e. The zero-order valence-electron chi connectivity index (χ0n) is 16.2. The molecule has 3 aromatic rings. The van der Waals surface area contributed by atoms with Crippen molar-refractivity contribution >= 4 is 29.3 Å². The first-order valence-corrected chi connectivity index (χ1v) is 9.67. The lowest BCUT2D eigenvalue weighted by Gasteiger charge is -2.10. The van der Waals surface area contributed by atoms with Gasteiger partial charge in [0.05, 0.1) is 12.9 Å². The topological polar surface area (TPSA) is 97.6 Å². The molecule has 0 saturated heterocycles. The van der Waals surface area contributed by atoms with Gasteiger partial charge in [-0.1, -0.05) is 11.8 Å². The first-order valence-electron chi connectivity index (χ1n) is 8.68. The predicted octanol–water partition coefficient (Wildman–Crippen LogP) is 3.18. The minimum absolute atomic E-state index is 0.0949. The highest BCUT2D eigenvalue weighted by atomic mass is 32.2. The van der Waals surface area contributed by atoms with E-state index in [4.69, 9.17) is 9.15 Å². The summed E-state index contributed by atoms with van der Waals surface area (Å²) < 4.78 is 10.7. The highest BCUT2D eigenvalue weighted by molar-refractivity contribution is 7.99. The van der Waals surface area contributed by atoms with Gasteiger partial charge in [0.2, 0.25) is 11.8 Å². The van der Waals surface area contributed by atoms with Crippen LogP contribution < -0.4 is 10.1 Å². The van der Waals surface area contributed by atoms with E-state index in [1.165, 1.54) is 4.90 Å². The Hall–Kier alpha value is -3.33. The van der Waals surface area contributed by atoms with E-state index in [0.29, 0.717) is 22.4 Å². The van der Waals surface area contributed by atoms with E-state index >= 15 is 0 Å². The Morgan fingerprint density at radius 3 is 2.38 bits per heavy atom. The average molecular weight is 412 g/mol. The van der Waals surface area contributed by atoms with E-state index in [9.17, 15) is 9.59 Å². The maximum absolute atomic E-state index is 12.1. The Morgan fingerprint density at radius 1 is 1.07 bits per heavy atom. The molecule has 0 saturated carbocycles. The number of nitrogens with one attached hydrogen (secondary N) is 1. The van der Waals surface area contributed by atoms with Crippen molar-refractivity contribution in [3.05, 3.63) is 54.1 Å². The van der Waals surface area contributed by atoms with Crippen LogP contribution in [0.1, 0.15) is 10.4 Å². The summed E-state index contributed by atoms with van der Waals surface area (Å²) in [5, 5.41) is 11.0. The number of benzene rings is 2. The van der Waals surface area contributed by atoms with Crippen LogP contribution in [0.2, 0.25) is 0 Å². The van der Waals surface area contributed by atoms with E-state index in [-0.39, 0.29) is 17.6 Å². The fraction of sp³-hybridized carbons (Fsp3) is 0.200. The molecule has 0 spiro atoms. The molecule has 0 radical (unpaired) electrons. The van der Waals surface area contributed by atoms with Crippen molar-refractivity contribution < 1.29 is 18.7 Å². The summed E-state index contributed by atoms with van der Waals surface area (Å²) >= 11 is 1.15. The van der Waals surface area contributed by atoms with Crippen LogP contribution in [0.4, 0.5) is 5.69 Å². The Balaban J connectivity index is 1.53. The molecule has 8 nitrogen and oxygen atoms in total. The molecule has 9 heteroatoms. The van der Waals surface area contributed by atoms with Gasteiger partial charge >= 0.3 is 0 Å². The standard InChI is InChI=1S/C20H20N4O4S/c1-24(2)19(26)14-4-8-15(9-5-14)21-17(25)12-29-20-23-22-18(28-20)13-6-10-16(27-3)11-7-13/h4-11H,12H2,1-3H3,(H,21,25). The Labute approximate surface area is 172 Å². The van der Waals surface area contributed by atoms with Gasteiger partial charge in [0.15, 0.2) is 0 Å². The Kier molecular flexibility index (Phi) is 6.50. The number of nitrogens with zero attached hydrogens (tertiary/aromatic N) is 3. The van der Waals surface area contributed by atoms with Gasteiger partial charge in [-0.2, -0.15) is 0 Å². The van der Waals surface area contributed by atoms with Crippen LogP contribution in [0.15, 0.2) is 58.2 Å². The quantitative estimate of drug-likeness (QED) is 0.595. The normalized spacial score (nSPS) is 10.4. The predicted molar refractivity (Wildman–Crippen MR) is 110 cm³/mol. The number of anilines is 1. The molecule has 1 N–H and O–H groups in total. The lowest BCUT2D eigenvalue weighted by atomic mass is 10.2. The van der Waals surface area contributed by atoms with Crippen molar-refractivity contribution in [1.82, 2.24) is 15.1 Å². The number of rotatable bonds is 7. The number of amides is 2. The molecular weight excluding hydrogens is 392 g/mol. The maximum atomic E-state index is 12.1. The molecule has 2 amide bonds. The molecule has 0 unspecified atom stereocenters. The van der Waals surface area contributed by atoms with Crippen LogP contribution in [0.25, 0.3) is 11.5 Å². The van der Waals surface area contributed by atoms with Gasteiger partial charge in [0.25, 0.3) is 11.1 Å². The highest BCUT2D eigenvalue weighted by Crippen LogP contribution is 2.25. The molecule has 0 atom stereocenters. The SMILES string of the molecule is COc1ccc(-c2nnc(SCC(=O)Nc3ccc(C(=O)N(C)C)cc3)o2)cc1. The third-order valence-corrected chi connectivity index (χ3v) is 4.71. The molecule has 0 aliphatic rings. The smallest absolute Gasteiger partial charge is 0.277 e. The molecule has 0 aliphatic carbocycles. The first kappa shape index (κ1) is 20.4. The Morgan fingerprint density at radius 2 is 1.76 bits per heavy atom. The van der Waals surface area contributed by atoms with E-state index in [1.54, 1.807) is 57.6 Å². The summed E-state index contributed by atoms with van der Waals surface area (Å²) in [6.07, 6.45) is 0. The van der Waals surface area contributed by atoms with E-state index < -0.39 is 0 Å². The fourth-order valence-corrected chi connectivity index (χ4v) is 2.96. The van der Waals surface area contributed by atoms with Crippen molar-refractivity contribution in [3.63, 3.8) is 0 Å². The number of carbonyl (C=O) groups is 2. The second-order valence-corrected chi connectivity index (χ2v) is 7.14. The van der Waals surface area contributed by atoms with Crippen LogP contribution in [-0.2, 0) is 4.79 Å². The van der Waals surface area contributed by atoms with Gasteiger partial charge in [-0.15, -0.1) is 10.2 Å². The number of hydrogen-bond acceptors (Lipinski definition) is 7. The number of carbonyl (C=O) groups excluding carboxylic acids is 2. The van der Waals surface area contributed by atoms with E-state index in [1.807, 2.05) is 12.1 Å². The van der Waals surface area contributed by atoms with Gasteiger partial charge < -0.3 is 19.4 Å². The lowest BCUT2D eigenvalue weighted by molar-refractivity contribution is -0.113. The third kappa shape index (κ3) is 5.35. The van der Waals surface area contributed by atoms with Gasteiger partial charge in [-0.3, -0.25) is 9.59 Å². The van der Waals surface area contributed by atoms with Crippen molar-refractivity contribution in [2.45, 2.75) is 5.22 Å². The molecule has 150 valence electrons. The zero-order valence-corrected chi connectivity index (χ0v) is 17.0. The summed E-state index contributed by atoms with van der Waals surface area (Å²) in [5.41, 5.74) is 1.93. The van der Waals surface area contributed by atoms with Crippen molar-refractivity contribution in [2.24, 2.45) is 0 Å². The van der Waals surface area contributed by atoms with Crippen LogP contribution in [0.5, 0.6) is 5.75 Å². The molecule has 3 rings (SSSR count). The molecular formula is C20H20N4O4S. The van der Waals surface area contributed by atoms with Crippen LogP contribution in [0.3, 0.4) is 0 Å². The molecule has 1 heterocycles. The number of aromatic nitrogens is 2. The van der Waals surface area contributed by atoms with Gasteiger partial charge in [0.1, 0.15) is 5.75 Å². The van der Waals surface area contributed by atoms with Crippen LogP contribution >= 0.6 is 11.8 Å². The van der Waals surface area contributed by atoms with Crippen molar-refractivity contribution in [3.8, 4) is 17.2 Å². The second kappa shape index (κ2) is 9.24. The number of thioether (sulfide) groups is 1. The monoisotopic (exact) mass is 412 g/mol. The summed E-state index contributed by atoms with van der Waals surface area (Å²) in [4.78, 5) is 25.5. The fourth-order valence-electron chi connectivity index (χ4n) is 2.40. The highest BCUT2D eigenvalue weighted by Gasteiger charge is 2.12. The lowest BCUT2D eigenvalue weighted by Crippen LogP contribution is -2.21. The number of hydrogen-bond donors (Lipinski definition) is 1. The van der Waals surface area contributed by atoms with Crippen molar-refractivity contribution in [2.75, 3.05) is 32.3 Å². The summed E-state index contributed by atoms with van der Waals surface area (Å²) in [7, 11) is 4.97. The summed E-state index contributed by atoms with van der Waals surface area (Å²) in [6.45, 7) is 0. The van der Waals surface area contributed by atoms with Gasteiger partial charge in [-0.25, -0.2) is 0 Å². The Bertz CT molecular complexity index is 984. The van der Waals surface area contributed by atoms with Crippen LogP contribution in [-0.4, -0.2) is 53.9 Å². The second-order valence-electron chi connectivity index (χ2n) is 6.22.